The number of hydrogen-bond acceptors (Lipinski definition) is 3. The van der Waals surface area contributed by atoms with E-state index in [4.69, 9.17) is 5.11 Å². The van der Waals surface area contributed by atoms with E-state index in [0.717, 1.165) is 43.4 Å². The molecule has 2 aliphatic carbocycles. The summed E-state index contributed by atoms with van der Waals surface area (Å²) in [6.07, 6.45) is 2.86. The molecule has 9 heteroatoms. The molecule has 2 aromatic carbocycles. The summed E-state index contributed by atoms with van der Waals surface area (Å²) in [5, 5.41) is 12.0. The third kappa shape index (κ3) is 6.30. The molecule has 194 valence electrons. The number of urea groups is 1. The van der Waals surface area contributed by atoms with Gasteiger partial charge >= 0.3 is 18.4 Å². The molecule has 4 rings (SSSR count). The van der Waals surface area contributed by atoms with Gasteiger partial charge in [0.05, 0.1) is 5.56 Å². The van der Waals surface area contributed by atoms with Gasteiger partial charge in [0.2, 0.25) is 0 Å². The molecule has 0 aliphatic heterocycles. The lowest BCUT2D eigenvalue weighted by molar-refractivity contribution is -0.274. The molecule has 0 spiro atoms. The second kappa shape index (κ2) is 10.4. The molecular weight excluding hydrogens is 473 g/mol. The largest absolute Gasteiger partial charge is 0.573 e. The number of carbonyl (C=O) groups excluding carboxylic acids is 1. The first-order chi connectivity index (χ1) is 17.0. The molecule has 6 nitrogen and oxygen atoms in total. The predicted molar refractivity (Wildman–Crippen MR) is 129 cm³/mol. The van der Waals surface area contributed by atoms with Crippen LogP contribution in [0.5, 0.6) is 5.75 Å². The molecule has 2 fully saturated rings. The second-order valence-corrected chi connectivity index (χ2v) is 10.1. The first kappa shape index (κ1) is 25.9. The highest BCUT2D eigenvalue weighted by Crippen LogP contribution is 2.52. The fourth-order valence-corrected chi connectivity index (χ4v) is 5.48. The molecule has 0 unspecified atom stereocenters. The number of rotatable bonds is 7. The fraction of sp³-hybridized carbons (Fsp3) is 0.481. The van der Waals surface area contributed by atoms with Crippen LogP contribution in [0.3, 0.4) is 0 Å². The average Bonchev–Trinajstić information content (AvgIpc) is 2.82. The zero-order valence-corrected chi connectivity index (χ0v) is 20.2. The number of amides is 2. The van der Waals surface area contributed by atoms with E-state index in [-0.39, 0.29) is 23.4 Å². The van der Waals surface area contributed by atoms with Crippen LogP contribution in [0.4, 0.5) is 23.7 Å². The van der Waals surface area contributed by atoms with Gasteiger partial charge in [0.1, 0.15) is 5.75 Å². The van der Waals surface area contributed by atoms with E-state index in [1.807, 2.05) is 0 Å². The van der Waals surface area contributed by atoms with Crippen molar-refractivity contribution < 1.29 is 32.6 Å². The highest BCUT2D eigenvalue weighted by Gasteiger charge is 2.42. The molecule has 0 saturated heterocycles. The predicted octanol–water partition coefficient (Wildman–Crippen LogP) is 7.07. The Morgan fingerprint density at radius 3 is 2.14 bits per heavy atom. The van der Waals surface area contributed by atoms with E-state index in [9.17, 15) is 22.8 Å². The van der Waals surface area contributed by atoms with Crippen LogP contribution >= 0.6 is 0 Å². The number of nitrogens with zero attached hydrogens (tertiary/aromatic N) is 1. The van der Waals surface area contributed by atoms with E-state index >= 15 is 0 Å². The van der Waals surface area contributed by atoms with Gasteiger partial charge in [0.25, 0.3) is 0 Å². The van der Waals surface area contributed by atoms with E-state index in [2.05, 4.69) is 17.0 Å². The van der Waals surface area contributed by atoms with Gasteiger partial charge in [-0.05, 0) is 91.8 Å². The third-order valence-electron chi connectivity index (χ3n) is 7.77. The summed E-state index contributed by atoms with van der Waals surface area (Å²) in [6, 6.07) is 11.1. The minimum Gasteiger partial charge on any atom is -0.478 e. The first-order valence-electron chi connectivity index (χ1n) is 12.3. The van der Waals surface area contributed by atoms with Crippen molar-refractivity contribution in [1.82, 2.24) is 4.90 Å². The molecule has 2 aromatic rings. The average molecular weight is 505 g/mol. The molecule has 36 heavy (non-hydrogen) atoms. The van der Waals surface area contributed by atoms with Crippen LogP contribution in [0.25, 0.3) is 0 Å². The quantitative estimate of drug-likeness (QED) is 0.423. The SMILES string of the molecule is CC1(C2CCC(N(Cc3ccc(C(=O)O)cc3)C(=O)Nc3ccc(OC(F)(F)F)cc3)CC2)CCC1. The van der Waals surface area contributed by atoms with E-state index in [1.54, 1.807) is 17.0 Å². The van der Waals surface area contributed by atoms with Gasteiger partial charge in [0.15, 0.2) is 0 Å². The Kier molecular flexibility index (Phi) is 7.47. The summed E-state index contributed by atoms with van der Waals surface area (Å²) >= 11 is 0. The fourth-order valence-electron chi connectivity index (χ4n) is 5.48. The number of carbonyl (C=O) groups is 2. The van der Waals surface area contributed by atoms with Crippen LogP contribution < -0.4 is 10.1 Å². The van der Waals surface area contributed by atoms with Crippen molar-refractivity contribution in [3.8, 4) is 5.75 Å². The molecule has 0 aromatic heterocycles. The van der Waals surface area contributed by atoms with Crippen molar-refractivity contribution >= 4 is 17.7 Å². The van der Waals surface area contributed by atoms with Crippen LogP contribution in [-0.4, -0.2) is 34.4 Å². The van der Waals surface area contributed by atoms with Crippen molar-refractivity contribution in [3.05, 3.63) is 59.7 Å². The van der Waals surface area contributed by atoms with Gasteiger partial charge in [0, 0.05) is 18.3 Å². The highest BCUT2D eigenvalue weighted by atomic mass is 19.4. The smallest absolute Gasteiger partial charge is 0.478 e. The van der Waals surface area contributed by atoms with Crippen LogP contribution in [0.1, 0.15) is 67.8 Å². The highest BCUT2D eigenvalue weighted by molar-refractivity contribution is 5.90. The molecule has 2 saturated carbocycles. The topological polar surface area (TPSA) is 78.9 Å². The minimum atomic E-state index is -4.78. The van der Waals surface area contributed by atoms with Crippen molar-refractivity contribution in [2.75, 3.05) is 5.32 Å². The van der Waals surface area contributed by atoms with Crippen LogP contribution in [0, 0.1) is 11.3 Å². The molecular formula is C27H31F3N2O4. The van der Waals surface area contributed by atoms with Crippen LogP contribution in [0.15, 0.2) is 48.5 Å². The summed E-state index contributed by atoms with van der Waals surface area (Å²) in [5.41, 5.74) is 1.74. The zero-order valence-electron chi connectivity index (χ0n) is 20.2. The second-order valence-electron chi connectivity index (χ2n) is 10.1. The molecule has 0 radical (unpaired) electrons. The van der Waals surface area contributed by atoms with Gasteiger partial charge in [-0.1, -0.05) is 25.5 Å². The van der Waals surface area contributed by atoms with E-state index in [1.165, 1.54) is 43.5 Å². The normalized spacial score (nSPS) is 21.2. The van der Waals surface area contributed by atoms with E-state index < -0.39 is 12.3 Å². The van der Waals surface area contributed by atoms with Crippen molar-refractivity contribution in [2.24, 2.45) is 11.3 Å². The number of halogens is 3. The Labute approximate surface area is 208 Å². The summed E-state index contributed by atoms with van der Waals surface area (Å²) in [5.74, 6) is -0.723. The maximum Gasteiger partial charge on any atom is 0.573 e. The molecule has 2 aliphatic rings. The summed E-state index contributed by atoms with van der Waals surface area (Å²) in [4.78, 5) is 26.3. The molecule has 0 heterocycles. The molecule has 0 bridgehead atoms. The van der Waals surface area contributed by atoms with Crippen molar-refractivity contribution in [2.45, 2.75) is 70.8 Å². The number of hydrogen-bond donors (Lipinski definition) is 2. The maximum atomic E-state index is 13.4. The van der Waals surface area contributed by atoms with Crippen LogP contribution in [-0.2, 0) is 6.54 Å². The molecule has 0 atom stereocenters. The molecule has 2 N–H and O–H groups in total. The van der Waals surface area contributed by atoms with Crippen molar-refractivity contribution in [3.63, 3.8) is 0 Å². The number of benzene rings is 2. The number of aromatic carboxylic acids is 1. The Bertz CT molecular complexity index is 1060. The Morgan fingerprint density at radius 2 is 1.64 bits per heavy atom. The number of carboxylic acid groups (broad SMARTS) is 1. The number of ether oxygens (including phenoxy) is 1. The lowest BCUT2D eigenvalue weighted by Gasteiger charge is -2.49. The maximum absolute atomic E-state index is 13.4. The van der Waals surface area contributed by atoms with Crippen LogP contribution in [0.2, 0.25) is 0 Å². The zero-order chi connectivity index (χ0) is 25.9. The van der Waals surface area contributed by atoms with Crippen molar-refractivity contribution in [1.29, 1.82) is 0 Å². The molecule has 2 amide bonds. The summed E-state index contributed by atoms with van der Waals surface area (Å²) in [6.45, 7) is 2.66. The Balaban J connectivity index is 1.47. The Hall–Kier alpha value is -3.23. The van der Waals surface area contributed by atoms with E-state index in [0.29, 0.717) is 23.6 Å². The van der Waals surface area contributed by atoms with Gasteiger partial charge in [-0.25, -0.2) is 9.59 Å². The van der Waals surface area contributed by atoms with Gasteiger partial charge < -0.3 is 20.1 Å². The lowest BCUT2D eigenvalue weighted by atomic mass is 9.58. The Morgan fingerprint density at radius 1 is 1.03 bits per heavy atom. The minimum absolute atomic E-state index is 0.0110. The lowest BCUT2D eigenvalue weighted by Crippen LogP contribution is -2.46. The van der Waals surface area contributed by atoms with Gasteiger partial charge in [-0.2, -0.15) is 0 Å². The van der Waals surface area contributed by atoms with Gasteiger partial charge in [-0.15, -0.1) is 13.2 Å². The number of alkyl halides is 3. The number of nitrogens with one attached hydrogen (secondary N) is 1. The monoisotopic (exact) mass is 504 g/mol. The van der Waals surface area contributed by atoms with Gasteiger partial charge in [-0.3, -0.25) is 0 Å². The summed E-state index contributed by atoms with van der Waals surface area (Å²) < 4.78 is 41.2. The third-order valence-corrected chi connectivity index (χ3v) is 7.77. The number of carboxylic acids is 1. The first-order valence-corrected chi connectivity index (χ1v) is 12.3. The standard InChI is InChI=1S/C27H31F3N2O4/c1-26(15-2-16-26)20-7-11-22(12-8-20)32(17-18-3-5-19(6-4-18)24(33)34)25(35)31-21-9-13-23(14-10-21)36-27(28,29)30/h3-6,9-10,13-14,20,22H,2,7-8,11-12,15-17H2,1H3,(H,31,35)(H,33,34). The summed E-state index contributed by atoms with van der Waals surface area (Å²) in [7, 11) is 0. The number of anilines is 1.